The van der Waals surface area contributed by atoms with Crippen LogP contribution < -0.4 is 10.1 Å². The minimum Gasteiger partial charge on any atom is -0.439 e. The maximum absolute atomic E-state index is 12.5. The number of rotatable bonds is 4. The van der Waals surface area contributed by atoms with Gasteiger partial charge in [-0.2, -0.15) is 8.75 Å². The quantitative estimate of drug-likeness (QED) is 0.600. The molecule has 0 aliphatic rings. The van der Waals surface area contributed by atoms with Crippen molar-refractivity contribution in [3.8, 4) is 11.6 Å². The number of benzene rings is 2. The molecule has 4 rings (SSSR count). The number of fused-ring (bicyclic) bond motifs is 1. The van der Waals surface area contributed by atoms with Gasteiger partial charge in [0.1, 0.15) is 16.8 Å². The number of nitrogens with one attached hydrogen (secondary N) is 1. The smallest absolute Gasteiger partial charge is 0.258 e. The van der Waals surface area contributed by atoms with Crippen LogP contribution in [0.1, 0.15) is 10.4 Å². The maximum atomic E-state index is 12.5. The second kappa shape index (κ2) is 6.66. The molecule has 0 saturated carbocycles. The van der Waals surface area contributed by atoms with Gasteiger partial charge in [-0.25, -0.2) is 4.98 Å². The predicted octanol–water partition coefficient (Wildman–Crippen LogP) is 4.13. The SMILES string of the molecule is O=C(Nc1ccc(Oc2ccccc2)nc1)c1cccc2nsnc12. The minimum absolute atomic E-state index is 0.253. The average molecular weight is 348 g/mol. The summed E-state index contributed by atoms with van der Waals surface area (Å²) < 4.78 is 13.9. The summed E-state index contributed by atoms with van der Waals surface area (Å²) in [5.74, 6) is 0.904. The van der Waals surface area contributed by atoms with Crippen LogP contribution in [0.3, 0.4) is 0 Å². The second-order valence-electron chi connectivity index (χ2n) is 5.19. The van der Waals surface area contributed by atoms with Crippen LogP contribution in [0.5, 0.6) is 11.6 Å². The summed E-state index contributed by atoms with van der Waals surface area (Å²) in [6.45, 7) is 0. The lowest BCUT2D eigenvalue weighted by Gasteiger charge is -2.07. The number of amides is 1. The van der Waals surface area contributed by atoms with E-state index in [0.717, 1.165) is 11.7 Å². The van der Waals surface area contributed by atoms with E-state index in [1.165, 1.54) is 0 Å². The lowest BCUT2D eigenvalue weighted by molar-refractivity contribution is 0.102. The molecule has 0 unspecified atom stereocenters. The first-order valence-corrected chi connectivity index (χ1v) is 8.24. The Morgan fingerprint density at radius 3 is 2.64 bits per heavy atom. The summed E-state index contributed by atoms with van der Waals surface area (Å²) in [5.41, 5.74) is 2.37. The zero-order chi connectivity index (χ0) is 17.1. The third kappa shape index (κ3) is 3.31. The highest BCUT2D eigenvalue weighted by Crippen LogP contribution is 2.21. The van der Waals surface area contributed by atoms with Crippen LogP contribution in [0.4, 0.5) is 5.69 Å². The van der Waals surface area contributed by atoms with Crippen LogP contribution in [-0.2, 0) is 0 Å². The summed E-state index contributed by atoms with van der Waals surface area (Å²) in [5, 5.41) is 2.81. The summed E-state index contributed by atoms with van der Waals surface area (Å²) in [6.07, 6.45) is 1.55. The normalized spacial score (nSPS) is 10.6. The molecule has 0 aliphatic heterocycles. The monoisotopic (exact) mass is 348 g/mol. The molecule has 7 heteroatoms. The van der Waals surface area contributed by atoms with Gasteiger partial charge in [0, 0.05) is 6.07 Å². The average Bonchev–Trinajstić information content (AvgIpc) is 3.13. The van der Waals surface area contributed by atoms with Crippen molar-refractivity contribution >= 4 is 34.4 Å². The number of anilines is 1. The van der Waals surface area contributed by atoms with Crippen molar-refractivity contribution in [1.29, 1.82) is 0 Å². The van der Waals surface area contributed by atoms with E-state index in [4.69, 9.17) is 4.74 Å². The van der Waals surface area contributed by atoms with Crippen molar-refractivity contribution in [3.63, 3.8) is 0 Å². The molecular weight excluding hydrogens is 336 g/mol. The van der Waals surface area contributed by atoms with E-state index < -0.39 is 0 Å². The van der Waals surface area contributed by atoms with Crippen molar-refractivity contribution in [2.45, 2.75) is 0 Å². The van der Waals surface area contributed by atoms with Crippen molar-refractivity contribution in [1.82, 2.24) is 13.7 Å². The third-order valence-electron chi connectivity index (χ3n) is 3.49. The summed E-state index contributed by atoms with van der Waals surface area (Å²) in [4.78, 5) is 16.7. The van der Waals surface area contributed by atoms with Gasteiger partial charge in [-0.1, -0.05) is 24.3 Å². The van der Waals surface area contributed by atoms with Crippen LogP contribution in [0.2, 0.25) is 0 Å². The van der Waals surface area contributed by atoms with Gasteiger partial charge in [-0.05, 0) is 30.3 Å². The molecule has 2 heterocycles. The molecule has 2 aromatic carbocycles. The van der Waals surface area contributed by atoms with Gasteiger partial charge >= 0.3 is 0 Å². The molecule has 0 bridgehead atoms. The molecule has 1 amide bonds. The number of nitrogens with zero attached hydrogens (tertiary/aromatic N) is 3. The molecule has 2 aromatic heterocycles. The molecule has 122 valence electrons. The van der Waals surface area contributed by atoms with Gasteiger partial charge in [-0.3, -0.25) is 4.79 Å². The highest BCUT2D eigenvalue weighted by atomic mass is 32.1. The van der Waals surface area contributed by atoms with E-state index in [9.17, 15) is 4.79 Å². The fourth-order valence-corrected chi connectivity index (χ4v) is 2.86. The van der Waals surface area contributed by atoms with E-state index in [2.05, 4.69) is 19.0 Å². The third-order valence-corrected chi connectivity index (χ3v) is 4.03. The van der Waals surface area contributed by atoms with Gasteiger partial charge in [-0.15, -0.1) is 0 Å². The van der Waals surface area contributed by atoms with E-state index in [-0.39, 0.29) is 5.91 Å². The van der Waals surface area contributed by atoms with Gasteiger partial charge in [0.15, 0.2) is 0 Å². The molecule has 0 radical (unpaired) electrons. The Hall–Kier alpha value is -3.32. The second-order valence-corrected chi connectivity index (χ2v) is 5.72. The molecule has 0 saturated heterocycles. The standard InChI is InChI=1S/C18H12N4O2S/c23-18(14-7-4-8-15-17(14)22-25-21-15)20-12-9-10-16(19-11-12)24-13-5-2-1-3-6-13/h1-11H,(H,20,23). The van der Waals surface area contributed by atoms with Crippen LogP contribution in [-0.4, -0.2) is 19.6 Å². The zero-order valence-corrected chi connectivity index (χ0v) is 13.7. The first kappa shape index (κ1) is 15.2. The van der Waals surface area contributed by atoms with Crippen molar-refractivity contribution in [3.05, 3.63) is 72.4 Å². The highest BCUT2D eigenvalue weighted by molar-refractivity contribution is 7.00. The highest BCUT2D eigenvalue weighted by Gasteiger charge is 2.13. The van der Waals surface area contributed by atoms with Gasteiger partial charge in [0.25, 0.3) is 5.91 Å². The van der Waals surface area contributed by atoms with Crippen LogP contribution in [0, 0.1) is 0 Å². The summed E-state index contributed by atoms with van der Waals surface area (Å²) >= 11 is 1.08. The number of hydrogen-bond acceptors (Lipinski definition) is 6. The molecule has 4 aromatic rings. The first-order chi connectivity index (χ1) is 12.3. The van der Waals surface area contributed by atoms with Crippen LogP contribution in [0.25, 0.3) is 11.0 Å². The molecule has 6 nitrogen and oxygen atoms in total. The van der Waals surface area contributed by atoms with Crippen molar-refractivity contribution in [2.75, 3.05) is 5.32 Å². The molecule has 0 aliphatic carbocycles. The zero-order valence-electron chi connectivity index (χ0n) is 12.9. The van der Waals surface area contributed by atoms with Crippen LogP contribution in [0.15, 0.2) is 66.9 Å². The Morgan fingerprint density at radius 1 is 0.960 bits per heavy atom. The number of para-hydroxylation sites is 1. The first-order valence-electron chi connectivity index (χ1n) is 7.51. The number of hydrogen-bond donors (Lipinski definition) is 1. The largest absolute Gasteiger partial charge is 0.439 e. The van der Waals surface area contributed by atoms with Crippen LogP contribution >= 0.6 is 11.7 Å². The summed E-state index contributed by atoms with van der Waals surface area (Å²) in [6, 6.07) is 18.2. The fourth-order valence-electron chi connectivity index (χ4n) is 2.31. The minimum atomic E-state index is -0.253. The number of carbonyl (C=O) groups is 1. The van der Waals surface area contributed by atoms with Gasteiger partial charge < -0.3 is 10.1 Å². The van der Waals surface area contributed by atoms with Crippen molar-refractivity contribution in [2.24, 2.45) is 0 Å². The van der Waals surface area contributed by atoms with E-state index in [1.54, 1.807) is 30.5 Å². The molecule has 0 spiro atoms. The number of ether oxygens (including phenoxy) is 1. The maximum Gasteiger partial charge on any atom is 0.258 e. The molecular formula is C18H12N4O2S. The van der Waals surface area contributed by atoms with Gasteiger partial charge in [0.2, 0.25) is 5.88 Å². The number of pyridine rings is 1. The lowest BCUT2D eigenvalue weighted by Crippen LogP contribution is -2.12. The predicted molar refractivity (Wildman–Crippen MR) is 96.1 cm³/mol. The Labute approximate surface area is 147 Å². The lowest BCUT2D eigenvalue weighted by atomic mass is 10.1. The Bertz CT molecular complexity index is 1020. The topological polar surface area (TPSA) is 77.0 Å². The van der Waals surface area contributed by atoms with E-state index >= 15 is 0 Å². The Kier molecular flexibility index (Phi) is 4.05. The summed E-state index contributed by atoms with van der Waals surface area (Å²) in [7, 11) is 0. The molecule has 0 atom stereocenters. The van der Waals surface area contributed by atoms with E-state index in [1.807, 2.05) is 36.4 Å². The van der Waals surface area contributed by atoms with Crippen molar-refractivity contribution < 1.29 is 9.53 Å². The molecule has 1 N–H and O–H groups in total. The number of carbonyl (C=O) groups excluding carboxylic acids is 1. The molecule has 25 heavy (non-hydrogen) atoms. The van der Waals surface area contributed by atoms with E-state index in [0.29, 0.717) is 33.9 Å². The van der Waals surface area contributed by atoms with Gasteiger partial charge in [0.05, 0.1) is 29.2 Å². The Morgan fingerprint density at radius 2 is 1.84 bits per heavy atom. The number of aromatic nitrogens is 3. The fraction of sp³-hybridized carbons (Fsp3) is 0. The molecule has 0 fully saturated rings. The Balaban J connectivity index is 1.49.